The van der Waals surface area contributed by atoms with Gasteiger partial charge in [-0.05, 0) is 29.2 Å². The maximum absolute atomic E-state index is 10.1. The van der Waals surface area contributed by atoms with Crippen molar-refractivity contribution < 1.29 is 14.6 Å². The van der Waals surface area contributed by atoms with Gasteiger partial charge in [-0.15, -0.1) is 0 Å². The average Bonchev–Trinajstić information content (AvgIpc) is 3.26. The Hall–Kier alpha value is -2.29. The molecule has 1 atom stereocenters. The van der Waals surface area contributed by atoms with Crippen LogP contribution in [-0.4, -0.2) is 11.1 Å². The molecule has 1 unspecified atom stereocenters. The second-order valence-corrected chi connectivity index (χ2v) is 5.62. The minimum absolute atomic E-state index is 0.313. The minimum atomic E-state index is -0.684. The summed E-state index contributed by atoms with van der Waals surface area (Å²) in [5.41, 5.74) is 2.46. The zero-order chi connectivity index (χ0) is 15.9. The summed E-state index contributed by atoms with van der Waals surface area (Å²) >= 11 is 0. The molecule has 0 aromatic heterocycles. The molecule has 1 aliphatic heterocycles. The Morgan fingerprint density at radius 1 is 1.09 bits per heavy atom. The maximum atomic E-state index is 10.1. The molecule has 0 radical (unpaired) electrons. The highest BCUT2D eigenvalue weighted by Gasteiger charge is 2.19. The first-order valence-electron chi connectivity index (χ1n) is 7.69. The van der Waals surface area contributed by atoms with Gasteiger partial charge in [-0.2, -0.15) is 0 Å². The number of aliphatic carboxylic acids is 1. The molecule has 22 heavy (non-hydrogen) atoms. The van der Waals surface area contributed by atoms with E-state index in [2.05, 4.69) is 31.2 Å². The summed E-state index contributed by atoms with van der Waals surface area (Å²) in [6.07, 6.45) is 2.41. The first-order chi connectivity index (χ1) is 10.6. The van der Waals surface area contributed by atoms with Crippen LogP contribution in [0.1, 0.15) is 33.1 Å². The molecule has 0 saturated heterocycles. The van der Waals surface area contributed by atoms with E-state index in [4.69, 9.17) is 9.84 Å². The Labute approximate surface area is 131 Å². The van der Waals surface area contributed by atoms with Gasteiger partial charge in [0.1, 0.15) is 0 Å². The molecule has 1 N–H and O–H groups in total. The topological polar surface area (TPSA) is 49.8 Å². The lowest BCUT2D eigenvalue weighted by Gasteiger charge is -2.03. The third-order valence-electron chi connectivity index (χ3n) is 3.53. The zero-order valence-electron chi connectivity index (χ0n) is 13.1. The molecule has 3 nitrogen and oxygen atoms in total. The fourth-order valence-corrected chi connectivity index (χ4v) is 2.37. The molecule has 3 heteroatoms. The van der Waals surface area contributed by atoms with E-state index in [1.807, 2.05) is 31.2 Å². The van der Waals surface area contributed by atoms with E-state index < -0.39 is 5.97 Å². The van der Waals surface area contributed by atoms with E-state index in [1.165, 1.54) is 11.1 Å². The van der Waals surface area contributed by atoms with Crippen molar-refractivity contribution in [2.75, 3.05) is 0 Å². The highest BCUT2D eigenvalue weighted by atomic mass is 16.6. The van der Waals surface area contributed by atoms with Gasteiger partial charge < -0.3 is 9.84 Å². The Morgan fingerprint density at radius 3 is 2.41 bits per heavy atom. The third kappa shape index (κ3) is 4.92. The Balaban J connectivity index is 0.000000175. The molecule has 2 aromatic rings. The number of carboxylic acids is 1. The summed E-state index contributed by atoms with van der Waals surface area (Å²) in [6.45, 7) is 4.04. The smallest absolute Gasteiger partial charge is 0.303 e. The van der Waals surface area contributed by atoms with Gasteiger partial charge in [0.2, 0.25) is 0 Å². The molecule has 116 valence electrons. The van der Waals surface area contributed by atoms with Crippen LogP contribution in [0.2, 0.25) is 0 Å². The fraction of sp³-hybridized carbons (Fsp3) is 0.316. The lowest BCUT2D eigenvalue weighted by Crippen LogP contribution is -2.03. The second kappa shape index (κ2) is 7.64. The van der Waals surface area contributed by atoms with E-state index >= 15 is 0 Å². The van der Waals surface area contributed by atoms with E-state index in [-0.39, 0.29) is 0 Å². The molecule has 2 aromatic carbocycles. The van der Waals surface area contributed by atoms with Crippen molar-refractivity contribution in [2.45, 2.75) is 33.1 Å². The van der Waals surface area contributed by atoms with Crippen molar-refractivity contribution in [3.63, 3.8) is 0 Å². The first kappa shape index (κ1) is 16.1. The quantitative estimate of drug-likeness (QED) is 0.645. The van der Waals surface area contributed by atoms with Gasteiger partial charge in [-0.25, -0.2) is 0 Å². The molecule has 0 spiro atoms. The summed E-state index contributed by atoms with van der Waals surface area (Å²) in [6, 6.07) is 16.5. The molecule has 1 heterocycles. The van der Waals surface area contributed by atoms with Crippen molar-refractivity contribution in [1.29, 1.82) is 0 Å². The van der Waals surface area contributed by atoms with Gasteiger partial charge >= 0.3 is 5.97 Å². The van der Waals surface area contributed by atoms with E-state index in [0.717, 1.165) is 24.3 Å². The van der Waals surface area contributed by atoms with Crippen LogP contribution in [0.25, 0.3) is 11.1 Å². The van der Waals surface area contributed by atoms with Crippen LogP contribution in [-0.2, 0) is 4.79 Å². The average molecular weight is 298 g/mol. The summed E-state index contributed by atoms with van der Waals surface area (Å²) in [5.74, 6) is 1.68. The van der Waals surface area contributed by atoms with E-state index in [0.29, 0.717) is 12.3 Å². The Morgan fingerprint density at radius 2 is 1.82 bits per heavy atom. The maximum Gasteiger partial charge on any atom is 0.303 e. The third-order valence-corrected chi connectivity index (χ3v) is 3.53. The van der Waals surface area contributed by atoms with Gasteiger partial charge in [0.15, 0.2) is 11.5 Å². The molecule has 0 fully saturated rings. The summed E-state index contributed by atoms with van der Waals surface area (Å²) in [5, 5.41) is 8.31. The number of carboxylic acid groups (broad SMARTS) is 1. The van der Waals surface area contributed by atoms with Gasteiger partial charge in [0.05, 0.1) is 0 Å². The SMILES string of the molecule is CCCC(C)CC(=O)O.c1ccc(-c2ccc3c(c2)O3)cc1. The van der Waals surface area contributed by atoms with Crippen LogP contribution < -0.4 is 4.74 Å². The second-order valence-electron chi connectivity index (χ2n) is 5.62. The summed E-state index contributed by atoms with van der Waals surface area (Å²) < 4.78 is 5.20. The van der Waals surface area contributed by atoms with E-state index in [1.54, 1.807) is 0 Å². The predicted molar refractivity (Wildman–Crippen MR) is 88.3 cm³/mol. The number of rotatable bonds is 5. The van der Waals surface area contributed by atoms with Crippen molar-refractivity contribution in [3.05, 3.63) is 48.5 Å². The van der Waals surface area contributed by atoms with Crippen LogP contribution in [0.15, 0.2) is 48.5 Å². The van der Waals surface area contributed by atoms with Crippen LogP contribution in [0.4, 0.5) is 0 Å². The number of benzene rings is 2. The van der Waals surface area contributed by atoms with Crippen molar-refractivity contribution in [2.24, 2.45) is 5.92 Å². The molecule has 0 saturated carbocycles. The lowest BCUT2D eigenvalue weighted by atomic mass is 10.0. The minimum Gasteiger partial charge on any atom is -0.481 e. The van der Waals surface area contributed by atoms with Crippen LogP contribution >= 0.6 is 0 Å². The van der Waals surface area contributed by atoms with Crippen LogP contribution in [0, 0.1) is 5.92 Å². The summed E-state index contributed by atoms with van der Waals surface area (Å²) in [7, 11) is 0. The van der Waals surface area contributed by atoms with Gasteiger partial charge in [-0.3, -0.25) is 4.79 Å². The monoisotopic (exact) mass is 298 g/mol. The number of ether oxygens (including phenoxy) is 1. The molecule has 0 amide bonds. The first-order valence-corrected chi connectivity index (χ1v) is 7.69. The Bertz CT molecular complexity index is 620. The number of fused-ring (bicyclic) bond motifs is 1. The van der Waals surface area contributed by atoms with Crippen molar-refractivity contribution >= 4 is 5.97 Å². The molecule has 1 aliphatic rings. The Kier molecular flexibility index (Phi) is 5.59. The molecule has 0 bridgehead atoms. The number of hydrogen-bond donors (Lipinski definition) is 1. The fourth-order valence-electron chi connectivity index (χ4n) is 2.37. The van der Waals surface area contributed by atoms with Gasteiger partial charge in [-0.1, -0.05) is 63.1 Å². The number of hydrogen-bond acceptors (Lipinski definition) is 2. The largest absolute Gasteiger partial charge is 0.481 e. The molecule has 0 aliphatic carbocycles. The summed E-state index contributed by atoms with van der Waals surface area (Å²) in [4.78, 5) is 10.1. The van der Waals surface area contributed by atoms with Gasteiger partial charge in [0, 0.05) is 6.42 Å². The zero-order valence-corrected chi connectivity index (χ0v) is 13.1. The molecular formula is C19H22O3. The standard InChI is InChI=1S/C12H8O.C7H14O2/c1-2-4-9(5-3-1)10-6-7-11-12(8-10)13-11;1-3-4-6(2)5-7(8)9/h1-8H;6H,3-5H2,1-2H3,(H,8,9). The van der Waals surface area contributed by atoms with Crippen molar-refractivity contribution in [1.82, 2.24) is 0 Å². The highest BCUT2D eigenvalue weighted by molar-refractivity contribution is 5.70. The van der Waals surface area contributed by atoms with Crippen LogP contribution in [0.3, 0.4) is 0 Å². The van der Waals surface area contributed by atoms with E-state index in [9.17, 15) is 4.79 Å². The normalized spacial score (nSPS) is 12.3. The number of carbonyl (C=O) groups is 1. The molecular weight excluding hydrogens is 276 g/mol. The lowest BCUT2D eigenvalue weighted by molar-refractivity contribution is -0.138. The van der Waals surface area contributed by atoms with Gasteiger partial charge in [0.25, 0.3) is 0 Å². The highest BCUT2D eigenvalue weighted by Crippen LogP contribution is 2.46. The van der Waals surface area contributed by atoms with Crippen LogP contribution in [0.5, 0.6) is 11.5 Å². The predicted octanol–water partition coefficient (Wildman–Crippen LogP) is 5.36. The molecule has 3 rings (SSSR count). The van der Waals surface area contributed by atoms with Crippen molar-refractivity contribution in [3.8, 4) is 22.6 Å².